The van der Waals surface area contributed by atoms with Crippen LogP contribution >= 0.6 is 7.82 Å². The lowest BCUT2D eigenvalue weighted by Gasteiger charge is -2.20. The molecule has 2 unspecified atom stereocenters. The molecule has 0 bridgehead atoms. The molecule has 0 rings (SSSR count). The van der Waals surface area contributed by atoms with E-state index < -0.39 is 51.8 Å². The van der Waals surface area contributed by atoms with Crippen molar-refractivity contribution in [1.29, 1.82) is 0 Å². The molecule has 0 aromatic rings. The lowest BCUT2D eigenvalue weighted by molar-refractivity contribution is -0.161. The number of esters is 2. The number of phosphoric acid groups is 1. The fraction of sp³-hybridized carbons (Fsp3) is 0.745. The topological polar surface area (TPSA) is 149 Å². The van der Waals surface area contributed by atoms with Crippen LogP contribution in [0.25, 0.3) is 0 Å². The van der Waals surface area contributed by atoms with Crippen molar-refractivity contribution in [3.8, 4) is 0 Å². The second-order valence-electron chi connectivity index (χ2n) is 15.1. The minimum atomic E-state index is -4.63. The highest BCUT2D eigenvalue weighted by atomic mass is 31.2. The first kappa shape index (κ1) is 55.7. The van der Waals surface area contributed by atoms with Gasteiger partial charge < -0.3 is 24.6 Å². The predicted molar refractivity (Wildman–Crippen MR) is 237 cm³/mol. The molecule has 0 radical (unpaired) electrons. The molecule has 0 aromatic carbocycles. The van der Waals surface area contributed by atoms with Crippen LogP contribution in [0.2, 0.25) is 0 Å². The molecule has 3 atom stereocenters. The van der Waals surface area contributed by atoms with Gasteiger partial charge in [-0.2, -0.15) is 0 Å². The van der Waals surface area contributed by atoms with Crippen LogP contribution in [-0.2, 0) is 32.7 Å². The zero-order valence-corrected chi connectivity index (χ0v) is 37.4. The first-order valence-electron chi connectivity index (χ1n) is 22.8. The largest absolute Gasteiger partial charge is 0.472 e. The van der Waals surface area contributed by atoms with E-state index in [-0.39, 0.29) is 19.4 Å². The van der Waals surface area contributed by atoms with Gasteiger partial charge in [-0.25, -0.2) is 4.57 Å². The monoisotopic (exact) mass is 839 g/mol. The standard InChI is InChI=1S/C47H83O10P/c1-3-5-7-9-11-13-15-17-18-19-20-21-22-23-24-25-27-28-30-32-34-36-38-46(50)54-42-45(43-56-58(52,53)55-41-44(49)40-48)57-47(51)39-37-35-33-31-29-26-16-14-12-10-8-6-4-2/h6,8,10,12,14,16,22-23,26,29,44-45,48-49H,3-5,7,9,11,13,15,17-21,24-25,27-28,30-43H2,1-2H3,(H,52,53)/b8-6+,12-10+,16-14+,23-22+,29-26+/t44-,45?/m1/s1. The van der Waals surface area contributed by atoms with E-state index in [2.05, 4.69) is 42.7 Å². The molecule has 0 aliphatic heterocycles. The quantitative estimate of drug-likeness (QED) is 0.0178. The van der Waals surface area contributed by atoms with E-state index in [1.807, 2.05) is 36.5 Å². The third-order valence-electron chi connectivity index (χ3n) is 9.50. The fourth-order valence-electron chi connectivity index (χ4n) is 6.00. The summed E-state index contributed by atoms with van der Waals surface area (Å²) in [5, 5.41) is 18.3. The van der Waals surface area contributed by atoms with Crippen molar-refractivity contribution in [2.75, 3.05) is 26.4 Å². The van der Waals surface area contributed by atoms with E-state index in [0.717, 1.165) is 51.4 Å². The molecule has 11 heteroatoms. The third kappa shape index (κ3) is 41.8. The highest BCUT2D eigenvalue weighted by Gasteiger charge is 2.27. The highest BCUT2D eigenvalue weighted by molar-refractivity contribution is 7.47. The Kier molecular flexibility index (Phi) is 41.1. The van der Waals surface area contributed by atoms with E-state index in [0.29, 0.717) is 12.8 Å². The van der Waals surface area contributed by atoms with Crippen molar-refractivity contribution in [2.24, 2.45) is 0 Å². The summed E-state index contributed by atoms with van der Waals surface area (Å²) in [6, 6.07) is 0. The van der Waals surface area contributed by atoms with Crippen molar-refractivity contribution >= 4 is 19.8 Å². The van der Waals surface area contributed by atoms with Gasteiger partial charge in [0.15, 0.2) is 6.10 Å². The molecule has 0 aliphatic carbocycles. The average molecular weight is 839 g/mol. The maximum Gasteiger partial charge on any atom is 0.472 e. The smallest absolute Gasteiger partial charge is 0.462 e. The summed E-state index contributed by atoms with van der Waals surface area (Å²) >= 11 is 0. The Labute approximate surface area is 353 Å². The second-order valence-corrected chi connectivity index (χ2v) is 16.6. The number of aliphatic hydroxyl groups is 2. The van der Waals surface area contributed by atoms with Crippen molar-refractivity contribution in [3.05, 3.63) is 60.8 Å². The maximum absolute atomic E-state index is 12.6. The molecule has 0 aromatic heterocycles. The first-order chi connectivity index (χ1) is 28.2. The van der Waals surface area contributed by atoms with Gasteiger partial charge in [0.05, 0.1) is 19.8 Å². The predicted octanol–water partition coefficient (Wildman–Crippen LogP) is 12.3. The van der Waals surface area contributed by atoms with E-state index in [1.165, 1.54) is 96.3 Å². The SMILES string of the molecule is CC/C=C/C=C/C=C/C=C/CCCCCC(=O)OC(COC(=O)CCCCCCCCC/C=C/CCCCCCCCCCCCC)COP(=O)(O)OC[C@H](O)CO. The second kappa shape index (κ2) is 42.8. The fourth-order valence-corrected chi connectivity index (χ4v) is 6.79. The number of aliphatic hydroxyl groups excluding tert-OH is 2. The summed E-state index contributed by atoms with van der Waals surface area (Å²) in [6.07, 6.45) is 47.7. The molecule has 0 saturated carbocycles. The number of hydrogen-bond donors (Lipinski definition) is 3. The van der Waals surface area contributed by atoms with E-state index in [4.69, 9.17) is 19.1 Å². The van der Waals surface area contributed by atoms with Crippen molar-refractivity contribution < 1.29 is 47.8 Å². The Morgan fingerprint density at radius 2 is 0.966 bits per heavy atom. The number of unbranched alkanes of at least 4 members (excludes halogenated alkanes) is 21. The van der Waals surface area contributed by atoms with Crippen LogP contribution in [0.3, 0.4) is 0 Å². The Morgan fingerprint density at radius 1 is 0.534 bits per heavy atom. The van der Waals surface area contributed by atoms with E-state index in [1.54, 1.807) is 0 Å². The van der Waals surface area contributed by atoms with Crippen LogP contribution in [0.15, 0.2) is 60.8 Å². The number of carbonyl (C=O) groups is 2. The third-order valence-corrected chi connectivity index (χ3v) is 10.5. The van der Waals surface area contributed by atoms with Crippen LogP contribution in [0, 0.1) is 0 Å². The Morgan fingerprint density at radius 3 is 1.50 bits per heavy atom. The van der Waals surface area contributed by atoms with Gasteiger partial charge in [-0.05, 0) is 57.8 Å². The van der Waals surface area contributed by atoms with Crippen LogP contribution in [-0.4, -0.2) is 65.7 Å². The molecule has 0 saturated heterocycles. The molecule has 0 spiro atoms. The number of ether oxygens (including phenoxy) is 2. The summed E-state index contributed by atoms with van der Waals surface area (Å²) in [6.45, 7) is 2.19. The van der Waals surface area contributed by atoms with Crippen molar-refractivity contribution in [2.45, 2.75) is 199 Å². The number of phosphoric ester groups is 1. The zero-order valence-electron chi connectivity index (χ0n) is 36.5. The molecule has 10 nitrogen and oxygen atoms in total. The lowest BCUT2D eigenvalue weighted by atomic mass is 10.0. The van der Waals surface area contributed by atoms with Gasteiger partial charge in [-0.15, -0.1) is 0 Å². The average Bonchev–Trinajstić information content (AvgIpc) is 3.21. The molecular weight excluding hydrogens is 755 g/mol. The molecule has 58 heavy (non-hydrogen) atoms. The summed E-state index contributed by atoms with van der Waals surface area (Å²) in [7, 11) is -4.63. The van der Waals surface area contributed by atoms with E-state index in [9.17, 15) is 24.2 Å². The Hall–Kier alpha value is -2.33. The molecule has 0 amide bonds. The lowest BCUT2D eigenvalue weighted by Crippen LogP contribution is -2.29. The van der Waals surface area contributed by atoms with Gasteiger partial charge >= 0.3 is 19.8 Å². The summed E-state index contributed by atoms with van der Waals surface area (Å²) in [5.74, 6) is -0.977. The number of carbonyl (C=O) groups excluding carboxylic acids is 2. The molecular formula is C47H83O10P. The molecule has 0 aliphatic rings. The van der Waals surface area contributed by atoms with Crippen LogP contribution < -0.4 is 0 Å². The van der Waals surface area contributed by atoms with Crippen LogP contribution in [0.1, 0.15) is 187 Å². The molecule has 0 heterocycles. The molecule has 3 N–H and O–H groups in total. The van der Waals surface area contributed by atoms with Crippen LogP contribution in [0.4, 0.5) is 0 Å². The minimum Gasteiger partial charge on any atom is -0.462 e. The highest BCUT2D eigenvalue weighted by Crippen LogP contribution is 2.43. The molecule has 336 valence electrons. The van der Waals surface area contributed by atoms with Gasteiger partial charge in [0.1, 0.15) is 12.7 Å². The number of hydrogen-bond acceptors (Lipinski definition) is 9. The summed E-state index contributed by atoms with van der Waals surface area (Å²) < 4.78 is 32.7. The summed E-state index contributed by atoms with van der Waals surface area (Å²) in [4.78, 5) is 35.0. The number of rotatable bonds is 42. The summed E-state index contributed by atoms with van der Waals surface area (Å²) in [5.41, 5.74) is 0. The van der Waals surface area contributed by atoms with Gasteiger partial charge in [-0.1, -0.05) is 177 Å². The normalized spacial score (nSPS) is 14.4. The van der Waals surface area contributed by atoms with Crippen molar-refractivity contribution in [1.82, 2.24) is 0 Å². The van der Waals surface area contributed by atoms with Gasteiger partial charge in [0, 0.05) is 12.8 Å². The minimum absolute atomic E-state index is 0.135. The Balaban J connectivity index is 4.24. The van der Waals surface area contributed by atoms with Gasteiger partial charge in [-0.3, -0.25) is 18.6 Å². The van der Waals surface area contributed by atoms with Gasteiger partial charge in [0.2, 0.25) is 0 Å². The van der Waals surface area contributed by atoms with Crippen LogP contribution in [0.5, 0.6) is 0 Å². The maximum atomic E-state index is 12.6. The Bertz CT molecular complexity index is 1150. The first-order valence-corrected chi connectivity index (χ1v) is 24.3. The number of allylic oxidation sites excluding steroid dienone is 10. The van der Waals surface area contributed by atoms with Gasteiger partial charge in [0.25, 0.3) is 0 Å². The zero-order chi connectivity index (χ0) is 42.6. The van der Waals surface area contributed by atoms with Crippen molar-refractivity contribution in [3.63, 3.8) is 0 Å². The molecule has 0 fully saturated rings. The van der Waals surface area contributed by atoms with E-state index >= 15 is 0 Å².